The lowest BCUT2D eigenvalue weighted by molar-refractivity contribution is -0.142. The number of amides is 2. The number of carboxylic acids is 1. The number of rotatable bonds is 5. The molecule has 2 bridgehead atoms. The number of carboxylic acid groups (broad SMARTS) is 1. The van der Waals surface area contributed by atoms with Crippen molar-refractivity contribution < 1.29 is 19.5 Å². The summed E-state index contributed by atoms with van der Waals surface area (Å²) < 4.78 is 0. The lowest BCUT2D eigenvalue weighted by atomic mass is 9.67. The highest BCUT2D eigenvalue weighted by Crippen LogP contribution is 2.68. The van der Waals surface area contributed by atoms with Gasteiger partial charge in [0.2, 0.25) is 11.8 Å². The maximum atomic E-state index is 13.4. The summed E-state index contributed by atoms with van der Waals surface area (Å²) in [6.45, 7) is 2.27. The Morgan fingerprint density at radius 2 is 1.88 bits per heavy atom. The predicted octanol–water partition coefficient (Wildman–Crippen LogP) is 3.08. The van der Waals surface area contributed by atoms with Crippen LogP contribution in [0.1, 0.15) is 41.2 Å². The molecule has 2 saturated carbocycles. The minimum absolute atomic E-state index is 0.0383. The molecule has 1 aromatic carbocycles. The van der Waals surface area contributed by atoms with Gasteiger partial charge >= 0.3 is 10.8 Å². The molecule has 2 aliphatic carbocycles. The van der Waals surface area contributed by atoms with Crippen molar-refractivity contribution in [3.63, 3.8) is 0 Å². The van der Waals surface area contributed by atoms with Crippen LogP contribution in [-0.2, 0) is 14.4 Å². The van der Waals surface area contributed by atoms with E-state index in [4.69, 9.17) is 5.11 Å². The Bertz CT molecular complexity index is 1240. The second-order valence-electron chi connectivity index (χ2n) is 9.64. The highest BCUT2D eigenvalue weighted by Gasteiger charge is 2.69. The zero-order chi connectivity index (χ0) is 23.0. The van der Waals surface area contributed by atoms with Crippen LogP contribution in [0.5, 0.6) is 0 Å². The zero-order valence-corrected chi connectivity index (χ0v) is 19.7. The number of likely N-dealkylation sites (tertiary alicyclic amines) is 1. The first-order valence-electron chi connectivity index (χ1n) is 11.4. The van der Waals surface area contributed by atoms with E-state index < -0.39 is 5.97 Å². The van der Waals surface area contributed by atoms with Crippen molar-refractivity contribution in [2.24, 2.45) is 29.6 Å². The number of carbonyl (C=O) groups is 3. The molecule has 3 heterocycles. The molecule has 0 radical (unpaired) electrons. The van der Waals surface area contributed by atoms with Gasteiger partial charge in [-0.3, -0.25) is 24.1 Å². The number of fused-ring (bicyclic) bond motifs is 9. The van der Waals surface area contributed by atoms with E-state index in [0.29, 0.717) is 0 Å². The fourth-order valence-corrected chi connectivity index (χ4v) is 9.85. The van der Waals surface area contributed by atoms with Crippen molar-refractivity contribution in [3.05, 3.63) is 49.9 Å². The standard InChI is InChI=1S/C24H24N2O5S2/c1-10-5-2-3-6-11(10)15-16-12-9-13(19(16)32-21-20(15)33-24(31)25-21)18-17(12)22(29)26(23(18)30)8-4-7-14(27)28/h2-3,5-6,12-13,15-19H,4,7-9H2,1H3,(H,25,31)(H,27,28). The van der Waals surface area contributed by atoms with Crippen molar-refractivity contribution in [2.45, 2.75) is 42.4 Å². The van der Waals surface area contributed by atoms with E-state index in [-0.39, 0.29) is 76.8 Å². The van der Waals surface area contributed by atoms with Gasteiger partial charge in [0.15, 0.2) is 0 Å². The number of thiazole rings is 1. The normalized spacial score (nSPS) is 33.8. The van der Waals surface area contributed by atoms with Gasteiger partial charge in [-0.1, -0.05) is 35.6 Å². The van der Waals surface area contributed by atoms with Gasteiger partial charge in [0.05, 0.1) is 16.9 Å². The van der Waals surface area contributed by atoms with Crippen molar-refractivity contribution in [2.75, 3.05) is 6.54 Å². The molecule has 33 heavy (non-hydrogen) atoms. The molecule has 9 heteroatoms. The van der Waals surface area contributed by atoms with Gasteiger partial charge in [0, 0.05) is 29.0 Å². The summed E-state index contributed by atoms with van der Waals surface area (Å²) in [7, 11) is 0. The van der Waals surface area contributed by atoms with Gasteiger partial charge in [0.25, 0.3) is 0 Å². The summed E-state index contributed by atoms with van der Waals surface area (Å²) in [5.41, 5.74) is 2.37. The van der Waals surface area contributed by atoms with Crippen LogP contribution < -0.4 is 4.87 Å². The van der Waals surface area contributed by atoms with E-state index in [1.54, 1.807) is 11.8 Å². The number of benzene rings is 1. The van der Waals surface area contributed by atoms with Gasteiger partial charge in [0.1, 0.15) is 0 Å². The number of aliphatic carboxylic acids is 1. The molecule has 0 spiro atoms. The van der Waals surface area contributed by atoms with E-state index in [1.165, 1.54) is 27.4 Å². The van der Waals surface area contributed by atoms with Crippen molar-refractivity contribution >= 4 is 40.9 Å². The maximum absolute atomic E-state index is 13.4. The number of aryl methyl sites for hydroxylation is 1. The summed E-state index contributed by atoms with van der Waals surface area (Å²) in [6.07, 6.45) is 1.09. The minimum atomic E-state index is -0.919. The van der Waals surface area contributed by atoms with Crippen LogP contribution in [-0.4, -0.2) is 44.6 Å². The number of nitrogens with one attached hydrogen (secondary N) is 1. The molecule has 7 nitrogen and oxygen atoms in total. The molecule has 2 aromatic rings. The fraction of sp³-hybridized carbons (Fsp3) is 0.500. The monoisotopic (exact) mass is 484 g/mol. The number of thioether (sulfide) groups is 1. The number of H-pyrrole nitrogens is 1. The van der Waals surface area contributed by atoms with Gasteiger partial charge in [-0.2, -0.15) is 0 Å². The van der Waals surface area contributed by atoms with Crippen LogP contribution in [0, 0.1) is 36.5 Å². The summed E-state index contributed by atoms with van der Waals surface area (Å²) in [4.78, 5) is 55.2. The van der Waals surface area contributed by atoms with Crippen LogP contribution in [0.2, 0.25) is 0 Å². The first-order chi connectivity index (χ1) is 15.9. The number of aromatic amines is 1. The van der Waals surface area contributed by atoms with Gasteiger partial charge in [-0.05, 0) is 48.6 Å². The van der Waals surface area contributed by atoms with E-state index in [1.807, 2.05) is 12.1 Å². The Morgan fingerprint density at radius 1 is 1.15 bits per heavy atom. The second-order valence-corrected chi connectivity index (χ2v) is 11.8. The molecule has 7 unspecified atom stereocenters. The number of nitrogens with zero attached hydrogens (tertiary/aromatic N) is 1. The topological polar surface area (TPSA) is 108 Å². The van der Waals surface area contributed by atoms with Crippen molar-refractivity contribution in [1.82, 2.24) is 9.88 Å². The van der Waals surface area contributed by atoms with Crippen LogP contribution >= 0.6 is 23.1 Å². The third-order valence-electron chi connectivity index (χ3n) is 8.11. The number of carbonyl (C=O) groups excluding carboxylic acids is 2. The lowest BCUT2D eigenvalue weighted by Crippen LogP contribution is -2.42. The molecule has 3 fully saturated rings. The highest BCUT2D eigenvalue weighted by atomic mass is 32.2. The van der Waals surface area contributed by atoms with Gasteiger partial charge < -0.3 is 10.1 Å². The number of imide groups is 1. The largest absolute Gasteiger partial charge is 0.481 e. The minimum Gasteiger partial charge on any atom is -0.481 e. The predicted molar refractivity (Wildman–Crippen MR) is 123 cm³/mol. The Kier molecular flexibility index (Phi) is 4.85. The molecule has 4 aliphatic rings. The molecule has 172 valence electrons. The Hall–Kier alpha value is -2.39. The third-order valence-corrected chi connectivity index (χ3v) is 10.7. The van der Waals surface area contributed by atoms with Gasteiger partial charge in [-0.25, -0.2) is 0 Å². The van der Waals surface area contributed by atoms with E-state index in [2.05, 4.69) is 24.0 Å². The maximum Gasteiger partial charge on any atom is 0.305 e. The first-order valence-corrected chi connectivity index (χ1v) is 13.1. The average Bonchev–Trinajstić information content (AvgIpc) is 3.49. The van der Waals surface area contributed by atoms with Crippen molar-refractivity contribution in [3.8, 4) is 0 Å². The van der Waals surface area contributed by atoms with Crippen LogP contribution in [0.25, 0.3) is 0 Å². The second kappa shape index (κ2) is 7.56. The van der Waals surface area contributed by atoms with E-state index >= 15 is 0 Å². The molecule has 7 atom stereocenters. The molecule has 6 rings (SSSR count). The summed E-state index contributed by atoms with van der Waals surface area (Å²) in [5.74, 6) is -1.39. The molecule has 2 N–H and O–H groups in total. The van der Waals surface area contributed by atoms with Crippen LogP contribution in [0.15, 0.2) is 34.1 Å². The molecule has 2 aliphatic heterocycles. The quantitative estimate of drug-likeness (QED) is 0.632. The number of hydrogen-bond acceptors (Lipinski definition) is 6. The zero-order valence-electron chi connectivity index (χ0n) is 18.0. The SMILES string of the molecule is Cc1ccccc1C1c2sc(=O)[nH]c2SC2C3CC(C4C(=O)N(CCCC(=O)O)C(=O)C34)C12. The smallest absolute Gasteiger partial charge is 0.305 e. The summed E-state index contributed by atoms with van der Waals surface area (Å²) >= 11 is 2.96. The molecule has 2 amide bonds. The first kappa shape index (κ1) is 21.2. The van der Waals surface area contributed by atoms with Crippen LogP contribution in [0.4, 0.5) is 0 Å². The average molecular weight is 485 g/mol. The molecule has 1 aromatic heterocycles. The third kappa shape index (κ3) is 3.01. The highest BCUT2D eigenvalue weighted by molar-refractivity contribution is 8.00. The number of aromatic nitrogens is 1. The Balaban J connectivity index is 1.39. The molecule has 1 saturated heterocycles. The Morgan fingerprint density at radius 3 is 2.61 bits per heavy atom. The molecular weight excluding hydrogens is 460 g/mol. The van der Waals surface area contributed by atoms with Crippen LogP contribution in [0.3, 0.4) is 0 Å². The van der Waals surface area contributed by atoms with E-state index in [9.17, 15) is 19.2 Å². The Labute approximate surface area is 198 Å². The number of hydrogen-bond donors (Lipinski definition) is 2. The molecular formula is C24H24N2O5S2. The van der Waals surface area contributed by atoms with Gasteiger partial charge in [-0.15, -0.1) is 11.8 Å². The lowest BCUT2D eigenvalue weighted by Gasteiger charge is -2.43. The summed E-state index contributed by atoms with van der Waals surface area (Å²) in [6, 6.07) is 8.26. The fourth-order valence-electron chi connectivity index (χ4n) is 6.97. The van der Waals surface area contributed by atoms with E-state index in [0.717, 1.165) is 16.3 Å². The van der Waals surface area contributed by atoms with Crippen molar-refractivity contribution in [1.29, 1.82) is 0 Å². The summed E-state index contributed by atoms with van der Waals surface area (Å²) in [5, 5.41) is 10.0.